The lowest BCUT2D eigenvalue weighted by Crippen LogP contribution is -2.25. The second-order valence-corrected chi connectivity index (χ2v) is 6.05. The number of carbonyl (C=O) groups is 1. The number of thiophene rings is 1. The largest absolute Gasteiger partial charge is 0.477 e. The van der Waals surface area contributed by atoms with Crippen LogP contribution >= 0.6 is 11.3 Å². The molecule has 3 N–H and O–H groups in total. The lowest BCUT2D eigenvalue weighted by molar-refractivity contribution is 0.0701. The Morgan fingerprint density at radius 2 is 2.19 bits per heavy atom. The molecule has 8 heteroatoms. The Labute approximate surface area is 96.6 Å². The van der Waals surface area contributed by atoms with Crippen LogP contribution in [0.5, 0.6) is 0 Å². The van der Waals surface area contributed by atoms with E-state index >= 15 is 0 Å². The normalized spacial score (nSPS) is 11.6. The first-order valence-electron chi connectivity index (χ1n) is 4.32. The van der Waals surface area contributed by atoms with E-state index in [1.807, 2.05) is 0 Å². The first-order chi connectivity index (χ1) is 7.38. The van der Waals surface area contributed by atoms with Gasteiger partial charge in [0.05, 0.1) is 6.61 Å². The van der Waals surface area contributed by atoms with Crippen molar-refractivity contribution in [1.82, 2.24) is 4.72 Å². The van der Waals surface area contributed by atoms with Crippen molar-refractivity contribution in [2.75, 3.05) is 13.2 Å². The maximum atomic E-state index is 11.6. The Kier molecular flexibility index (Phi) is 4.03. The topological polar surface area (TPSA) is 104 Å². The number of carboxylic acids is 1. The number of aliphatic hydroxyl groups is 1. The van der Waals surface area contributed by atoms with Gasteiger partial charge >= 0.3 is 5.97 Å². The molecule has 6 nitrogen and oxygen atoms in total. The van der Waals surface area contributed by atoms with Crippen LogP contribution in [-0.4, -0.2) is 37.8 Å². The summed E-state index contributed by atoms with van der Waals surface area (Å²) in [6.07, 6.45) is 0. The summed E-state index contributed by atoms with van der Waals surface area (Å²) < 4.78 is 25.2. The van der Waals surface area contributed by atoms with Gasteiger partial charge in [-0.1, -0.05) is 0 Å². The molecule has 1 aromatic rings. The molecule has 16 heavy (non-hydrogen) atoms. The molecule has 90 valence electrons. The molecule has 0 aliphatic heterocycles. The highest BCUT2D eigenvalue weighted by molar-refractivity contribution is 7.91. The molecule has 0 spiro atoms. The molecule has 0 atom stereocenters. The zero-order chi connectivity index (χ0) is 12.3. The average molecular weight is 265 g/mol. The second-order valence-electron chi connectivity index (χ2n) is 3.00. The van der Waals surface area contributed by atoms with Gasteiger partial charge in [-0.15, -0.1) is 11.3 Å². The van der Waals surface area contributed by atoms with Crippen LogP contribution in [0.25, 0.3) is 0 Å². The van der Waals surface area contributed by atoms with Crippen molar-refractivity contribution < 1.29 is 23.4 Å². The predicted octanol–water partition coefficient (Wildman–Crippen LogP) is 0.0253. The van der Waals surface area contributed by atoms with Crippen molar-refractivity contribution in [3.63, 3.8) is 0 Å². The summed E-state index contributed by atoms with van der Waals surface area (Å²) in [7, 11) is -3.71. The quantitative estimate of drug-likeness (QED) is 0.696. The van der Waals surface area contributed by atoms with Crippen LogP contribution in [0.15, 0.2) is 10.3 Å². The van der Waals surface area contributed by atoms with Gasteiger partial charge in [0.15, 0.2) is 0 Å². The SMILES string of the molecule is Cc1cc(S(=O)(=O)NCCO)sc1C(=O)O. The van der Waals surface area contributed by atoms with Gasteiger partial charge in [-0.25, -0.2) is 17.9 Å². The molecule has 0 saturated carbocycles. The van der Waals surface area contributed by atoms with Gasteiger partial charge in [0, 0.05) is 6.54 Å². The third-order valence-corrected chi connectivity index (χ3v) is 4.92. The van der Waals surface area contributed by atoms with Gasteiger partial charge in [0.1, 0.15) is 9.09 Å². The fraction of sp³-hybridized carbons (Fsp3) is 0.375. The molecular formula is C8H11NO5S2. The van der Waals surface area contributed by atoms with E-state index < -0.39 is 16.0 Å². The minimum atomic E-state index is -3.71. The fourth-order valence-corrected chi connectivity index (χ4v) is 3.49. The zero-order valence-electron chi connectivity index (χ0n) is 8.43. The van der Waals surface area contributed by atoms with Gasteiger partial charge in [-0.2, -0.15) is 0 Å². The van der Waals surface area contributed by atoms with E-state index in [2.05, 4.69) is 4.72 Å². The van der Waals surface area contributed by atoms with Crippen LogP contribution in [0, 0.1) is 6.92 Å². The molecule has 1 rings (SSSR count). The number of sulfonamides is 1. The van der Waals surface area contributed by atoms with Crippen LogP contribution < -0.4 is 4.72 Å². The molecule has 0 unspecified atom stereocenters. The summed E-state index contributed by atoms with van der Waals surface area (Å²) >= 11 is 0.693. The average Bonchev–Trinajstić information content (AvgIpc) is 2.58. The minimum absolute atomic E-state index is 0.00405. The van der Waals surface area contributed by atoms with Crippen LogP contribution in [0.3, 0.4) is 0 Å². The summed E-state index contributed by atoms with van der Waals surface area (Å²) in [5.41, 5.74) is 0.405. The molecule has 0 fully saturated rings. The predicted molar refractivity (Wildman–Crippen MR) is 58.3 cm³/mol. The van der Waals surface area contributed by atoms with Gasteiger partial charge in [0.2, 0.25) is 10.0 Å². The summed E-state index contributed by atoms with van der Waals surface area (Å²) in [4.78, 5) is 10.7. The molecule has 0 radical (unpaired) electrons. The number of carboxylic acid groups (broad SMARTS) is 1. The van der Waals surface area contributed by atoms with E-state index in [-0.39, 0.29) is 22.2 Å². The first-order valence-corrected chi connectivity index (χ1v) is 6.62. The van der Waals surface area contributed by atoms with E-state index in [0.717, 1.165) is 0 Å². The Bertz CT molecular complexity index is 491. The van der Waals surface area contributed by atoms with Crippen molar-refractivity contribution >= 4 is 27.3 Å². The third kappa shape index (κ3) is 2.79. The molecule has 0 aliphatic rings. The number of aromatic carboxylic acids is 1. The Balaban J connectivity index is 3.06. The summed E-state index contributed by atoms with van der Waals surface area (Å²) in [6.45, 7) is 1.13. The molecule has 0 bridgehead atoms. The minimum Gasteiger partial charge on any atom is -0.477 e. The smallest absolute Gasteiger partial charge is 0.346 e. The lowest BCUT2D eigenvalue weighted by atomic mass is 10.3. The highest BCUT2D eigenvalue weighted by atomic mass is 32.2. The molecular weight excluding hydrogens is 254 g/mol. The highest BCUT2D eigenvalue weighted by Gasteiger charge is 2.20. The molecule has 1 heterocycles. The second kappa shape index (κ2) is 4.91. The number of aliphatic hydroxyl groups excluding tert-OH is 1. The van der Waals surface area contributed by atoms with Crippen LogP contribution in [-0.2, 0) is 10.0 Å². The van der Waals surface area contributed by atoms with E-state index in [9.17, 15) is 13.2 Å². The number of aryl methyl sites for hydroxylation is 1. The monoisotopic (exact) mass is 265 g/mol. The van der Waals surface area contributed by atoms with E-state index in [0.29, 0.717) is 16.9 Å². The molecule has 0 saturated heterocycles. The van der Waals surface area contributed by atoms with E-state index in [4.69, 9.17) is 10.2 Å². The van der Waals surface area contributed by atoms with Gasteiger partial charge in [-0.3, -0.25) is 0 Å². The first kappa shape index (κ1) is 13.1. The number of hydrogen-bond donors (Lipinski definition) is 3. The van der Waals surface area contributed by atoms with E-state index in [1.54, 1.807) is 0 Å². The summed E-state index contributed by atoms with van der Waals surface area (Å²) in [5.74, 6) is -1.15. The molecule has 0 aromatic carbocycles. The van der Waals surface area contributed by atoms with Crippen molar-refractivity contribution in [3.05, 3.63) is 16.5 Å². The summed E-state index contributed by atoms with van der Waals surface area (Å²) in [5, 5.41) is 17.3. The van der Waals surface area contributed by atoms with Gasteiger partial charge in [-0.05, 0) is 18.6 Å². The highest BCUT2D eigenvalue weighted by Crippen LogP contribution is 2.25. The van der Waals surface area contributed by atoms with Gasteiger partial charge in [0.25, 0.3) is 0 Å². The van der Waals surface area contributed by atoms with Crippen molar-refractivity contribution in [1.29, 1.82) is 0 Å². The van der Waals surface area contributed by atoms with Crippen LogP contribution in [0.2, 0.25) is 0 Å². The molecule has 0 amide bonds. The summed E-state index contributed by atoms with van der Waals surface area (Å²) in [6, 6.07) is 1.30. The molecule has 0 aliphatic carbocycles. The lowest BCUT2D eigenvalue weighted by Gasteiger charge is -2.01. The Hall–Kier alpha value is -0.960. The third-order valence-electron chi connectivity index (χ3n) is 1.76. The molecule has 1 aromatic heterocycles. The Morgan fingerprint density at radius 1 is 1.56 bits per heavy atom. The zero-order valence-corrected chi connectivity index (χ0v) is 10.1. The van der Waals surface area contributed by atoms with Gasteiger partial charge < -0.3 is 10.2 Å². The van der Waals surface area contributed by atoms with Crippen molar-refractivity contribution in [2.24, 2.45) is 0 Å². The maximum absolute atomic E-state index is 11.6. The Morgan fingerprint density at radius 3 is 2.62 bits per heavy atom. The number of hydrogen-bond acceptors (Lipinski definition) is 5. The number of rotatable bonds is 5. The van der Waals surface area contributed by atoms with Crippen LogP contribution in [0.1, 0.15) is 15.2 Å². The fourth-order valence-electron chi connectivity index (χ4n) is 1.05. The van der Waals surface area contributed by atoms with Crippen molar-refractivity contribution in [3.8, 4) is 0 Å². The van der Waals surface area contributed by atoms with E-state index in [1.165, 1.54) is 13.0 Å². The van der Waals surface area contributed by atoms with Crippen molar-refractivity contribution in [2.45, 2.75) is 11.1 Å². The number of nitrogens with one attached hydrogen (secondary N) is 1. The maximum Gasteiger partial charge on any atom is 0.346 e. The standard InChI is InChI=1S/C8H11NO5S2/c1-5-4-6(15-7(5)8(11)12)16(13,14)9-2-3-10/h4,9-10H,2-3H2,1H3,(H,11,12). The van der Waals surface area contributed by atoms with Crippen LogP contribution in [0.4, 0.5) is 0 Å².